The number of nitro groups is 1. The largest absolute Gasteiger partial charge is 0.358 e. The normalized spacial score (nSPS) is 11.5. The Kier molecular flexibility index (Phi) is 3.78. The van der Waals surface area contributed by atoms with Gasteiger partial charge in [0.25, 0.3) is 5.82 Å². The Morgan fingerprint density at radius 3 is 3.00 bits per heavy atom. The molecule has 0 amide bonds. The molecule has 0 spiro atoms. The average Bonchev–Trinajstić information content (AvgIpc) is 2.56. The van der Waals surface area contributed by atoms with Gasteiger partial charge >= 0.3 is 5.82 Å². The highest BCUT2D eigenvalue weighted by Gasteiger charge is 2.19. The lowest BCUT2D eigenvalue weighted by Gasteiger charge is -1.97. The van der Waals surface area contributed by atoms with Crippen molar-refractivity contribution in [2.75, 3.05) is 6.54 Å². The lowest BCUT2D eigenvalue weighted by Crippen LogP contribution is -2.10. The summed E-state index contributed by atoms with van der Waals surface area (Å²) in [6.07, 6.45) is 1.19. The molecule has 7 nitrogen and oxygen atoms in total. The summed E-state index contributed by atoms with van der Waals surface area (Å²) < 4.78 is 1.78. The Balaban J connectivity index is 3.01. The molecule has 0 unspecified atom stereocenters. The van der Waals surface area contributed by atoms with Crippen LogP contribution in [0.1, 0.15) is 12.7 Å². The van der Waals surface area contributed by atoms with Gasteiger partial charge in [-0.05, 0) is 27.8 Å². The summed E-state index contributed by atoms with van der Waals surface area (Å²) in [6.45, 7) is 2.56. The molecule has 1 aromatic heterocycles. The van der Waals surface area contributed by atoms with Gasteiger partial charge in [0.15, 0.2) is 4.62 Å². The van der Waals surface area contributed by atoms with Crippen LogP contribution in [-0.4, -0.2) is 25.6 Å². The second-order valence-electron chi connectivity index (χ2n) is 2.67. The van der Waals surface area contributed by atoms with E-state index in [1.807, 2.05) is 6.92 Å². The van der Waals surface area contributed by atoms with Crippen molar-refractivity contribution in [2.45, 2.75) is 6.92 Å². The maximum atomic E-state index is 10.5. The minimum Gasteiger partial charge on any atom is -0.358 e. The maximum Gasteiger partial charge on any atom is 0.342 e. The molecule has 0 aromatic carbocycles. The van der Waals surface area contributed by atoms with E-state index in [9.17, 15) is 10.1 Å². The highest BCUT2D eigenvalue weighted by Crippen LogP contribution is 2.14. The van der Waals surface area contributed by atoms with Gasteiger partial charge in [-0.1, -0.05) is 0 Å². The monoisotopic (exact) mass is 275 g/mol. The van der Waals surface area contributed by atoms with Crippen LogP contribution in [0, 0.1) is 10.1 Å². The molecule has 0 aliphatic carbocycles. The second-order valence-corrected chi connectivity index (χ2v) is 3.42. The zero-order valence-corrected chi connectivity index (χ0v) is 9.85. The fourth-order valence-corrected chi connectivity index (χ4v) is 1.45. The van der Waals surface area contributed by atoms with Gasteiger partial charge in [-0.3, -0.25) is 0 Å². The summed E-state index contributed by atoms with van der Waals surface area (Å²) in [5.41, 5.74) is 2.73. The molecule has 15 heavy (non-hydrogen) atoms. The van der Waals surface area contributed by atoms with Crippen LogP contribution < -0.4 is 5.43 Å². The zero-order valence-electron chi connectivity index (χ0n) is 8.27. The number of aromatic nitrogens is 2. The van der Waals surface area contributed by atoms with E-state index < -0.39 is 4.92 Å². The number of nitrogens with zero attached hydrogens (tertiary/aromatic N) is 4. The Bertz CT molecular complexity index is 400. The molecule has 1 heterocycles. The van der Waals surface area contributed by atoms with Gasteiger partial charge in [-0.2, -0.15) is 5.10 Å². The van der Waals surface area contributed by atoms with Crippen LogP contribution in [0.5, 0.6) is 0 Å². The third kappa shape index (κ3) is 2.52. The second kappa shape index (κ2) is 4.87. The maximum absolute atomic E-state index is 10.5. The quantitative estimate of drug-likeness (QED) is 0.505. The molecule has 0 radical (unpaired) electrons. The molecule has 0 bridgehead atoms. The van der Waals surface area contributed by atoms with Crippen molar-refractivity contribution in [2.24, 2.45) is 12.1 Å². The SMILES string of the molecule is CCNN=C(Br)c1ncc([N+](=O)[O-])n1C. The van der Waals surface area contributed by atoms with E-state index in [1.54, 1.807) is 7.05 Å². The Morgan fingerprint density at radius 2 is 2.53 bits per heavy atom. The van der Waals surface area contributed by atoms with Gasteiger partial charge in [0, 0.05) is 6.54 Å². The van der Waals surface area contributed by atoms with E-state index in [-0.39, 0.29) is 5.82 Å². The molecule has 0 saturated heterocycles. The third-order valence-electron chi connectivity index (χ3n) is 1.67. The molecular weight excluding hydrogens is 266 g/mol. The lowest BCUT2D eigenvalue weighted by atomic mass is 10.6. The minimum absolute atomic E-state index is 0.0753. The van der Waals surface area contributed by atoms with Gasteiger partial charge in [0.2, 0.25) is 0 Å². The number of rotatable bonds is 4. The van der Waals surface area contributed by atoms with Crippen LogP contribution in [-0.2, 0) is 7.05 Å². The van der Waals surface area contributed by atoms with Gasteiger partial charge in [-0.25, -0.2) is 9.55 Å². The first kappa shape index (κ1) is 11.6. The van der Waals surface area contributed by atoms with Crippen molar-refractivity contribution < 1.29 is 4.92 Å². The Morgan fingerprint density at radius 1 is 1.87 bits per heavy atom. The van der Waals surface area contributed by atoms with Crippen LogP contribution in [0.15, 0.2) is 11.3 Å². The average molecular weight is 276 g/mol. The van der Waals surface area contributed by atoms with Crippen molar-refractivity contribution in [3.63, 3.8) is 0 Å². The van der Waals surface area contributed by atoms with Crippen LogP contribution in [0.25, 0.3) is 0 Å². The first-order valence-electron chi connectivity index (χ1n) is 4.20. The molecule has 0 fully saturated rings. The van der Waals surface area contributed by atoms with Crippen LogP contribution in [0.4, 0.5) is 5.82 Å². The topological polar surface area (TPSA) is 85.3 Å². The first-order valence-corrected chi connectivity index (χ1v) is 4.99. The summed E-state index contributed by atoms with van der Waals surface area (Å²) >= 11 is 3.18. The van der Waals surface area contributed by atoms with E-state index in [0.29, 0.717) is 17.0 Å². The fraction of sp³-hybridized carbons (Fsp3) is 0.429. The predicted molar refractivity (Wildman–Crippen MR) is 59.0 cm³/mol. The smallest absolute Gasteiger partial charge is 0.342 e. The number of imidazole rings is 1. The molecule has 82 valence electrons. The summed E-state index contributed by atoms with van der Waals surface area (Å²) in [7, 11) is 1.56. The number of hydrazone groups is 1. The molecule has 0 saturated carbocycles. The molecule has 0 aliphatic rings. The van der Waals surface area contributed by atoms with E-state index in [2.05, 4.69) is 31.4 Å². The van der Waals surface area contributed by atoms with Crippen molar-refractivity contribution in [1.82, 2.24) is 15.0 Å². The molecular formula is C7H10BrN5O2. The van der Waals surface area contributed by atoms with Crippen molar-refractivity contribution in [3.05, 3.63) is 22.1 Å². The van der Waals surface area contributed by atoms with Crippen LogP contribution in [0.3, 0.4) is 0 Å². The molecule has 0 aliphatic heterocycles. The van der Waals surface area contributed by atoms with E-state index in [4.69, 9.17) is 0 Å². The summed E-state index contributed by atoms with van der Waals surface area (Å²) in [4.78, 5) is 13.9. The van der Waals surface area contributed by atoms with Gasteiger partial charge in [-0.15, -0.1) is 0 Å². The summed E-state index contributed by atoms with van der Waals surface area (Å²) in [5.74, 6) is 0.330. The summed E-state index contributed by atoms with van der Waals surface area (Å²) in [5, 5.41) is 14.5. The predicted octanol–water partition coefficient (Wildman–Crippen LogP) is 0.994. The van der Waals surface area contributed by atoms with Gasteiger partial charge in [0.1, 0.15) is 6.20 Å². The summed E-state index contributed by atoms with van der Waals surface area (Å²) in [6, 6.07) is 0. The van der Waals surface area contributed by atoms with Crippen molar-refractivity contribution in [1.29, 1.82) is 0 Å². The van der Waals surface area contributed by atoms with Crippen molar-refractivity contribution >= 4 is 26.4 Å². The Hall–Kier alpha value is -1.44. The van der Waals surface area contributed by atoms with Gasteiger partial charge < -0.3 is 15.5 Å². The standard InChI is InChI=1S/C7H10BrN5O2/c1-3-10-11-6(8)7-9-4-5(12(7)2)13(14)15/h4,10H,3H2,1-2H3. The van der Waals surface area contributed by atoms with Crippen LogP contribution in [0.2, 0.25) is 0 Å². The first-order chi connectivity index (χ1) is 7.07. The fourth-order valence-electron chi connectivity index (χ4n) is 0.960. The zero-order chi connectivity index (χ0) is 11.4. The highest BCUT2D eigenvalue weighted by atomic mass is 79.9. The lowest BCUT2D eigenvalue weighted by molar-refractivity contribution is -0.391. The molecule has 8 heteroatoms. The molecule has 1 N–H and O–H groups in total. The van der Waals surface area contributed by atoms with E-state index in [0.717, 1.165) is 0 Å². The molecule has 0 atom stereocenters. The third-order valence-corrected chi connectivity index (χ3v) is 2.20. The number of halogens is 1. The minimum atomic E-state index is -0.496. The van der Waals surface area contributed by atoms with E-state index in [1.165, 1.54) is 10.8 Å². The van der Waals surface area contributed by atoms with Crippen molar-refractivity contribution in [3.8, 4) is 0 Å². The highest BCUT2D eigenvalue weighted by molar-refractivity contribution is 9.18. The molecule has 1 aromatic rings. The van der Waals surface area contributed by atoms with Gasteiger partial charge in [0.05, 0.1) is 7.05 Å². The number of hydrogen-bond donors (Lipinski definition) is 1. The number of nitrogens with one attached hydrogen (secondary N) is 1. The van der Waals surface area contributed by atoms with Crippen LogP contribution >= 0.6 is 15.9 Å². The Labute approximate surface area is 94.5 Å². The molecule has 1 rings (SSSR count). The van der Waals surface area contributed by atoms with E-state index >= 15 is 0 Å². The number of hydrogen-bond acceptors (Lipinski definition) is 5.